The molecule has 130 valence electrons. The number of nitrogens with zero attached hydrogens (tertiary/aromatic N) is 1. The van der Waals surface area contributed by atoms with Gasteiger partial charge in [0.15, 0.2) is 0 Å². The smallest absolute Gasteiger partial charge is 0.264 e. The van der Waals surface area contributed by atoms with Gasteiger partial charge in [0.2, 0.25) is 0 Å². The summed E-state index contributed by atoms with van der Waals surface area (Å²) in [6, 6.07) is 8.58. The number of aryl methyl sites for hydroxylation is 1. The maximum Gasteiger partial charge on any atom is 0.264 e. The first-order chi connectivity index (χ1) is 11.0. The van der Waals surface area contributed by atoms with Crippen molar-refractivity contribution in [2.45, 2.75) is 26.3 Å². The van der Waals surface area contributed by atoms with Gasteiger partial charge in [0.05, 0.1) is 4.88 Å². The van der Waals surface area contributed by atoms with Crippen molar-refractivity contribution in [2.75, 3.05) is 13.1 Å². The van der Waals surface area contributed by atoms with Crippen LogP contribution < -0.4 is 5.73 Å². The standard InChI is InChI=1S/C18H21FN2OS.ClH/c1-11-7-16(18(22)21-10-13(9-20)8-12(21)2)23-17(11)14-3-5-15(19)6-4-14;/h3-7,12-13H,8-10,20H2,1-2H3;1H. The van der Waals surface area contributed by atoms with E-state index in [4.69, 9.17) is 5.73 Å². The molecule has 2 N–H and O–H groups in total. The molecule has 2 heterocycles. The fourth-order valence-electron chi connectivity index (χ4n) is 3.21. The average Bonchev–Trinajstić information content (AvgIpc) is 3.10. The SMILES string of the molecule is Cc1cc(C(=O)N2CC(CN)CC2C)sc1-c1ccc(F)cc1.Cl. The van der Waals surface area contributed by atoms with Gasteiger partial charge in [-0.05, 0) is 62.1 Å². The Hall–Kier alpha value is -1.43. The summed E-state index contributed by atoms with van der Waals surface area (Å²) in [6.45, 7) is 5.43. The molecule has 2 unspecified atom stereocenters. The largest absolute Gasteiger partial charge is 0.335 e. The maximum absolute atomic E-state index is 13.1. The van der Waals surface area contributed by atoms with Crippen molar-refractivity contribution in [3.8, 4) is 10.4 Å². The van der Waals surface area contributed by atoms with Crippen molar-refractivity contribution < 1.29 is 9.18 Å². The number of thiophene rings is 1. The summed E-state index contributed by atoms with van der Waals surface area (Å²) in [5, 5.41) is 0. The van der Waals surface area contributed by atoms with Gasteiger partial charge in [0, 0.05) is 17.5 Å². The normalized spacial score (nSPS) is 20.1. The number of likely N-dealkylation sites (tertiary alicyclic amines) is 1. The van der Waals surface area contributed by atoms with Crippen LogP contribution >= 0.6 is 23.7 Å². The van der Waals surface area contributed by atoms with Crippen LogP contribution in [-0.4, -0.2) is 29.9 Å². The average molecular weight is 369 g/mol. The van der Waals surface area contributed by atoms with Gasteiger partial charge in [0.25, 0.3) is 5.91 Å². The molecule has 0 aliphatic carbocycles. The number of hydrogen-bond donors (Lipinski definition) is 1. The minimum Gasteiger partial charge on any atom is -0.335 e. The molecule has 1 aromatic heterocycles. The second-order valence-corrected chi connectivity index (χ2v) is 7.33. The van der Waals surface area contributed by atoms with Gasteiger partial charge in [-0.3, -0.25) is 4.79 Å². The minimum absolute atomic E-state index is 0. The van der Waals surface area contributed by atoms with E-state index in [1.54, 1.807) is 12.1 Å². The van der Waals surface area contributed by atoms with Crippen molar-refractivity contribution in [3.63, 3.8) is 0 Å². The van der Waals surface area contributed by atoms with Crippen molar-refractivity contribution in [2.24, 2.45) is 11.7 Å². The van der Waals surface area contributed by atoms with Crippen molar-refractivity contribution in [3.05, 3.63) is 46.6 Å². The van der Waals surface area contributed by atoms with E-state index in [0.717, 1.165) is 33.8 Å². The third kappa shape index (κ3) is 3.63. The van der Waals surface area contributed by atoms with Crippen LogP contribution in [0.25, 0.3) is 10.4 Å². The first-order valence-corrected chi connectivity index (χ1v) is 8.68. The molecule has 3 rings (SSSR count). The Morgan fingerprint density at radius 2 is 2.04 bits per heavy atom. The zero-order chi connectivity index (χ0) is 16.6. The number of carbonyl (C=O) groups excluding carboxylic acids is 1. The Balaban J connectivity index is 0.00000208. The minimum atomic E-state index is -0.252. The third-order valence-corrected chi connectivity index (χ3v) is 5.76. The number of nitrogens with two attached hydrogens (primary N) is 1. The van der Waals surface area contributed by atoms with Crippen molar-refractivity contribution in [1.82, 2.24) is 4.90 Å². The summed E-state index contributed by atoms with van der Waals surface area (Å²) in [5.74, 6) is 0.222. The number of hydrogen-bond acceptors (Lipinski definition) is 3. The second-order valence-electron chi connectivity index (χ2n) is 6.27. The molecule has 2 atom stereocenters. The van der Waals surface area contributed by atoms with Gasteiger partial charge in [-0.25, -0.2) is 4.39 Å². The first kappa shape index (κ1) is 18.9. The Kier molecular flexibility index (Phi) is 6.01. The van der Waals surface area contributed by atoms with Gasteiger partial charge in [-0.1, -0.05) is 12.1 Å². The molecular formula is C18H22ClFN2OS. The van der Waals surface area contributed by atoms with Gasteiger partial charge in [-0.15, -0.1) is 23.7 Å². The molecule has 1 aliphatic rings. The lowest BCUT2D eigenvalue weighted by Crippen LogP contribution is -2.33. The zero-order valence-electron chi connectivity index (χ0n) is 13.8. The quantitative estimate of drug-likeness (QED) is 0.886. The van der Waals surface area contributed by atoms with E-state index in [-0.39, 0.29) is 30.2 Å². The van der Waals surface area contributed by atoms with Crippen LogP contribution in [0, 0.1) is 18.7 Å². The van der Waals surface area contributed by atoms with Gasteiger partial charge in [-0.2, -0.15) is 0 Å². The molecule has 24 heavy (non-hydrogen) atoms. The highest BCUT2D eigenvalue weighted by Crippen LogP contribution is 2.34. The summed E-state index contributed by atoms with van der Waals surface area (Å²) >= 11 is 1.48. The fourth-order valence-corrected chi connectivity index (χ4v) is 4.35. The summed E-state index contributed by atoms with van der Waals surface area (Å²) < 4.78 is 13.1. The molecular weight excluding hydrogens is 347 g/mol. The summed E-state index contributed by atoms with van der Waals surface area (Å²) in [5.41, 5.74) is 7.74. The molecule has 1 fully saturated rings. The van der Waals surface area contributed by atoms with Crippen LogP contribution in [0.5, 0.6) is 0 Å². The highest BCUT2D eigenvalue weighted by atomic mass is 35.5. The van der Waals surface area contributed by atoms with Crippen LogP contribution in [-0.2, 0) is 0 Å². The molecule has 0 spiro atoms. The molecule has 0 saturated carbocycles. The molecule has 1 aliphatic heterocycles. The van der Waals surface area contributed by atoms with Crippen LogP contribution in [0.15, 0.2) is 30.3 Å². The second kappa shape index (κ2) is 7.64. The third-order valence-electron chi connectivity index (χ3n) is 4.49. The van der Waals surface area contributed by atoms with E-state index < -0.39 is 0 Å². The van der Waals surface area contributed by atoms with Gasteiger partial charge >= 0.3 is 0 Å². The molecule has 2 aromatic rings. The lowest BCUT2D eigenvalue weighted by Gasteiger charge is -2.20. The fraction of sp³-hybridized carbons (Fsp3) is 0.389. The van der Waals surface area contributed by atoms with Gasteiger partial charge < -0.3 is 10.6 Å². The highest BCUT2D eigenvalue weighted by molar-refractivity contribution is 7.17. The molecule has 3 nitrogen and oxygen atoms in total. The van der Waals surface area contributed by atoms with Gasteiger partial charge in [0.1, 0.15) is 5.82 Å². The number of halogens is 2. The van der Waals surface area contributed by atoms with E-state index in [1.165, 1.54) is 23.5 Å². The van der Waals surface area contributed by atoms with E-state index in [0.29, 0.717) is 12.5 Å². The summed E-state index contributed by atoms with van der Waals surface area (Å²) in [4.78, 5) is 16.5. The van der Waals surface area contributed by atoms with Crippen LogP contribution in [0.4, 0.5) is 4.39 Å². The Morgan fingerprint density at radius 1 is 1.38 bits per heavy atom. The summed E-state index contributed by atoms with van der Waals surface area (Å²) in [7, 11) is 0. The molecule has 0 radical (unpaired) electrons. The van der Waals surface area contributed by atoms with Crippen LogP contribution in [0.3, 0.4) is 0 Å². The Labute approximate surface area is 152 Å². The van der Waals surface area contributed by atoms with E-state index in [9.17, 15) is 9.18 Å². The van der Waals surface area contributed by atoms with E-state index >= 15 is 0 Å². The zero-order valence-corrected chi connectivity index (χ0v) is 15.4. The molecule has 6 heteroatoms. The monoisotopic (exact) mass is 368 g/mol. The summed E-state index contributed by atoms with van der Waals surface area (Å²) in [6.07, 6.45) is 0.970. The molecule has 1 aromatic carbocycles. The number of amides is 1. The van der Waals surface area contributed by atoms with E-state index in [1.807, 2.05) is 17.9 Å². The predicted molar refractivity (Wildman–Crippen MR) is 99.4 cm³/mol. The van der Waals surface area contributed by atoms with Crippen LogP contribution in [0.2, 0.25) is 0 Å². The molecule has 1 amide bonds. The molecule has 1 saturated heterocycles. The number of carbonyl (C=O) groups is 1. The topological polar surface area (TPSA) is 46.3 Å². The number of rotatable bonds is 3. The first-order valence-electron chi connectivity index (χ1n) is 7.87. The Bertz CT molecular complexity index is 716. The van der Waals surface area contributed by atoms with E-state index in [2.05, 4.69) is 6.92 Å². The highest BCUT2D eigenvalue weighted by Gasteiger charge is 2.33. The molecule has 0 bridgehead atoms. The predicted octanol–water partition coefficient (Wildman–Crippen LogP) is 4.09. The lowest BCUT2D eigenvalue weighted by atomic mass is 10.1. The van der Waals surface area contributed by atoms with Crippen LogP contribution in [0.1, 0.15) is 28.6 Å². The number of benzene rings is 1. The van der Waals surface area contributed by atoms with Crippen molar-refractivity contribution in [1.29, 1.82) is 0 Å². The van der Waals surface area contributed by atoms with Crippen molar-refractivity contribution >= 4 is 29.7 Å². The lowest BCUT2D eigenvalue weighted by molar-refractivity contribution is 0.0748. The maximum atomic E-state index is 13.1. The Morgan fingerprint density at radius 3 is 2.62 bits per heavy atom.